The van der Waals surface area contributed by atoms with Crippen molar-refractivity contribution in [1.29, 1.82) is 0 Å². The number of carbonyl (C=O) groups excluding carboxylic acids is 1. The van der Waals surface area contributed by atoms with Crippen molar-refractivity contribution in [2.75, 3.05) is 5.32 Å². The van der Waals surface area contributed by atoms with Gasteiger partial charge in [-0.1, -0.05) is 41.4 Å². The number of amides is 1. The third kappa shape index (κ3) is 3.26. The highest BCUT2D eigenvalue weighted by molar-refractivity contribution is 6.38. The van der Waals surface area contributed by atoms with Crippen LogP contribution in [0.5, 0.6) is 0 Å². The van der Waals surface area contributed by atoms with Gasteiger partial charge in [0.15, 0.2) is 10.3 Å². The van der Waals surface area contributed by atoms with Gasteiger partial charge in [0.05, 0.1) is 6.42 Å². The molecule has 0 spiro atoms. The molecule has 0 bridgehead atoms. The summed E-state index contributed by atoms with van der Waals surface area (Å²) in [4.78, 5) is 19.7. The predicted octanol–water partition coefficient (Wildman–Crippen LogP) is 3.58. The number of nitrogens with one attached hydrogen (secondary N) is 1. The van der Waals surface area contributed by atoms with Gasteiger partial charge in [-0.2, -0.15) is 0 Å². The van der Waals surface area contributed by atoms with E-state index in [1.54, 1.807) is 0 Å². The number of rotatable bonds is 3. The summed E-state index contributed by atoms with van der Waals surface area (Å²) in [5, 5.41) is 2.90. The number of nitrogens with zero attached hydrogens (tertiary/aromatic N) is 2. The molecule has 0 atom stereocenters. The van der Waals surface area contributed by atoms with Gasteiger partial charge in [-0.05, 0) is 30.5 Å². The van der Waals surface area contributed by atoms with Crippen LogP contribution in [0.3, 0.4) is 0 Å². The summed E-state index contributed by atoms with van der Waals surface area (Å²) in [5.41, 5.74) is 3.38. The number of halogens is 2. The second kappa shape index (κ2) is 6.20. The Kier molecular flexibility index (Phi) is 4.57. The normalized spacial score (nSPS) is 10.4. The average Bonchev–Trinajstić information content (AvgIpc) is 2.39. The molecule has 0 radical (unpaired) electrons. The van der Waals surface area contributed by atoms with Crippen molar-refractivity contribution < 1.29 is 4.79 Å². The van der Waals surface area contributed by atoms with Gasteiger partial charge in [-0.25, -0.2) is 9.97 Å². The zero-order valence-electron chi connectivity index (χ0n) is 11.1. The van der Waals surface area contributed by atoms with Crippen molar-refractivity contribution in [2.45, 2.75) is 20.3 Å². The minimum absolute atomic E-state index is 0.125. The van der Waals surface area contributed by atoms with E-state index in [4.69, 9.17) is 23.2 Å². The Morgan fingerprint density at radius 2 is 1.70 bits per heavy atom. The van der Waals surface area contributed by atoms with Gasteiger partial charge < -0.3 is 5.32 Å². The van der Waals surface area contributed by atoms with Crippen molar-refractivity contribution in [1.82, 2.24) is 9.97 Å². The highest BCUT2D eigenvalue weighted by Gasteiger charge is 2.13. The van der Waals surface area contributed by atoms with Crippen molar-refractivity contribution in [3.63, 3.8) is 0 Å². The van der Waals surface area contributed by atoms with Crippen molar-refractivity contribution >= 4 is 34.8 Å². The lowest BCUT2D eigenvalue weighted by Crippen LogP contribution is -2.17. The van der Waals surface area contributed by atoms with E-state index in [2.05, 4.69) is 15.3 Å². The molecule has 104 valence electrons. The highest BCUT2D eigenvalue weighted by Crippen LogP contribution is 2.26. The van der Waals surface area contributed by atoms with Gasteiger partial charge >= 0.3 is 0 Å². The quantitative estimate of drug-likeness (QED) is 0.882. The van der Waals surface area contributed by atoms with Crippen LogP contribution in [0.4, 0.5) is 5.69 Å². The predicted molar refractivity (Wildman–Crippen MR) is 80.3 cm³/mol. The van der Waals surface area contributed by atoms with E-state index in [0.29, 0.717) is 0 Å². The van der Waals surface area contributed by atoms with E-state index in [1.807, 2.05) is 32.0 Å². The third-order valence-corrected chi connectivity index (χ3v) is 3.57. The monoisotopic (exact) mass is 309 g/mol. The maximum Gasteiger partial charge on any atom is 0.228 e. The van der Waals surface area contributed by atoms with Gasteiger partial charge in [0, 0.05) is 0 Å². The molecule has 0 saturated carbocycles. The first-order chi connectivity index (χ1) is 9.49. The molecule has 1 aromatic carbocycles. The van der Waals surface area contributed by atoms with Crippen LogP contribution in [0.1, 0.15) is 16.7 Å². The fourth-order valence-electron chi connectivity index (χ4n) is 1.92. The molecule has 6 heteroatoms. The molecule has 0 fully saturated rings. The Bertz CT molecular complexity index is 563. The smallest absolute Gasteiger partial charge is 0.228 e. The second-order valence-electron chi connectivity index (χ2n) is 4.43. The summed E-state index contributed by atoms with van der Waals surface area (Å²) in [7, 11) is 0. The zero-order chi connectivity index (χ0) is 14.7. The van der Waals surface area contributed by atoms with E-state index in [-0.39, 0.29) is 28.3 Å². The maximum atomic E-state index is 12.1. The van der Waals surface area contributed by atoms with Crippen LogP contribution in [-0.2, 0) is 11.2 Å². The number of anilines is 1. The van der Waals surface area contributed by atoms with Crippen LogP contribution in [-0.4, -0.2) is 15.9 Å². The molecule has 20 heavy (non-hydrogen) atoms. The molecular formula is C14H13Cl2N3O. The fraction of sp³-hybridized carbons (Fsp3) is 0.214. The number of benzene rings is 1. The minimum atomic E-state index is -0.207. The van der Waals surface area contributed by atoms with E-state index in [0.717, 1.165) is 16.7 Å². The molecule has 0 aliphatic rings. The molecule has 1 amide bonds. The van der Waals surface area contributed by atoms with Gasteiger partial charge in [-0.3, -0.25) is 4.79 Å². The Morgan fingerprint density at radius 3 is 2.25 bits per heavy atom. The van der Waals surface area contributed by atoms with Crippen LogP contribution < -0.4 is 5.32 Å². The van der Waals surface area contributed by atoms with Crippen LogP contribution in [0, 0.1) is 13.8 Å². The van der Waals surface area contributed by atoms with E-state index < -0.39 is 0 Å². The van der Waals surface area contributed by atoms with E-state index >= 15 is 0 Å². The van der Waals surface area contributed by atoms with Gasteiger partial charge in [0.25, 0.3) is 0 Å². The van der Waals surface area contributed by atoms with Crippen molar-refractivity contribution in [3.8, 4) is 0 Å². The molecule has 2 aromatic rings. The van der Waals surface area contributed by atoms with Gasteiger partial charge in [0.2, 0.25) is 5.91 Å². The summed E-state index contributed by atoms with van der Waals surface area (Å²) in [5.74, 6) is -0.207. The number of aromatic nitrogens is 2. The number of hydrogen-bond donors (Lipinski definition) is 1. The molecule has 0 aliphatic heterocycles. The molecular weight excluding hydrogens is 297 g/mol. The number of carbonyl (C=O) groups is 1. The van der Waals surface area contributed by atoms with Crippen LogP contribution in [0.25, 0.3) is 0 Å². The molecule has 1 N–H and O–H groups in total. The summed E-state index contributed by atoms with van der Waals surface area (Å²) < 4.78 is 0. The lowest BCUT2D eigenvalue weighted by molar-refractivity contribution is -0.115. The first-order valence-corrected chi connectivity index (χ1v) is 6.75. The molecule has 1 heterocycles. The highest BCUT2D eigenvalue weighted by atomic mass is 35.5. The van der Waals surface area contributed by atoms with Crippen LogP contribution >= 0.6 is 23.2 Å². The topological polar surface area (TPSA) is 54.9 Å². The Balaban J connectivity index is 2.18. The standard InChI is InChI=1S/C14H13Cl2N3O/c1-8-4-3-5-9(2)10(8)6-11(20)19-12-13(15)17-7-18-14(12)16/h3-5,7H,6H2,1-2H3,(H,19,20). The summed E-state index contributed by atoms with van der Waals surface area (Å²) in [6, 6.07) is 5.91. The van der Waals surface area contributed by atoms with Crippen molar-refractivity contribution in [2.24, 2.45) is 0 Å². The molecule has 2 rings (SSSR count). The van der Waals surface area contributed by atoms with Crippen LogP contribution in [0.2, 0.25) is 10.3 Å². The zero-order valence-corrected chi connectivity index (χ0v) is 12.6. The first kappa shape index (κ1) is 14.8. The fourth-order valence-corrected chi connectivity index (χ4v) is 2.33. The average molecular weight is 310 g/mol. The second-order valence-corrected chi connectivity index (χ2v) is 5.14. The largest absolute Gasteiger partial charge is 0.321 e. The molecule has 4 nitrogen and oxygen atoms in total. The van der Waals surface area contributed by atoms with Crippen LogP contribution in [0.15, 0.2) is 24.5 Å². The number of hydrogen-bond acceptors (Lipinski definition) is 3. The van der Waals surface area contributed by atoms with Crippen molar-refractivity contribution in [3.05, 3.63) is 51.5 Å². The minimum Gasteiger partial charge on any atom is -0.321 e. The summed E-state index contributed by atoms with van der Waals surface area (Å²) >= 11 is 11.8. The first-order valence-electron chi connectivity index (χ1n) is 6.00. The van der Waals surface area contributed by atoms with E-state index in [9.17, 15) is 4.79 Å². The Hall–Kier alpha value is -1.65. The molecule has 0 unspecified atom stereocenters. The Labute approximate surface area is 127 Å². The SMILES string of the molecule is Cc1cccc(C)c1CC(=O)Nc1c(Cl)ncnc1Cl. The number of aryl methyl sites for hydroxylation is 2. The Morgan fingerprint density at radius 1 is 1.15 bits per heavy atom. The van der Waals surface area contributed by atoms with Gasteiger partial charge in [0.1, 0.15) is 12.0 Å². The van der Waals surface area contributed by atoms with E-state index in [1.165, 1.54) is 6.33 Å². The summed E-state index contributed by atoms with van der Waals surface area (Å²) in [6.07, 6.45) is 1.49. The lowest BCUT2D eigenvalue weighted by atomic mass is 10.00. The molecule has 1 aromatic heterocycles. The maximum absolute atomic E-state index is 12.1. The van der Waals surface area contributed by atoms with Gasteiger partial charge in [-0.15, -0.1) is 0 Å². The summed E-state index contributed by atoms with van der Waals surface area (Å²) in [6.45, 7) is 3.95. The molecule has 0 saturated heterocycles. The molecule has 0 aliphatic carbocycles. The third-order valence-electron chi connectivity index (χ3n) is 3.00. The lowest BCUT2D eigenvalue weighted by Gasteiger charge is -2.11.